The molecular formula is C27H34N2O4. The minimum atomic E-state index is -0.296. The quantitative estimate of drug-likeness (QED) is 0.708. The Hall–Kier alpha value is -2.73. The Kier molecular flexibility index (Phi) is 5.73. The molecule has 2 aromatic rings. The number of hydrogen-bond donors (Lipinski definition) is 1. The molecule has 1 unspecified atom stereocenters. The van der Waals surface area contributed by atoms with Crippen molar-refractivity contribution in [1.29, 1.82) is 0 Å². The Morgan fingerprint density at radius 3 is 2.36 bits per heavy atom. The second-order valence-corrected chi connectivity index (χ2v) is 10.3. The fourth-order valence-electron chi connectivity index (χ4n) is 5.95. The fourth-order valence-corrected chi connectivity index (χ4v) is 5.95. The van der Waals surface area contributed by atoms with E-state index in [9.17, 15) is 4.79 Å². The molecular weight excluding hydrogens is 416 g/mol. The van der Waals surface area contributed by atoms with Crippen molar-refractivity contribution < 1.29 is 19.0 Å². The number of piperidine rings is 3. The smallest absolute Gasteiger partial charge is 0.407 e. The van der Waals surface area contributed by atoms with Crippen LogP contribution in [0.4, 0.5) is 4.79 Å². The van der Waals surface area contributed by atoms with Gasteiger partial charge in [0.2, 0.25) is 0 Å². The molecule has 3 fully saturated rings. The molecule has 6 rings (SSSR count). The van der Waals surface area contributed by atoms with Gasteiger partial charge in [0.05, 0.1) is 25.8 Å². The summed E-state index contributed by atoms with van der Waals surface area (Å²) in [5, 5.41) is 3.21. The summed E-state index contributed by atoms with van der Waals surface area (Å²) < 4.78 is 17.1. The van der Waals surface area contributed by atoms with E-state index in [4.69, 9.17) is 14.2 Å². The largest absolute Gasteiger partial charge is 0.496 e. The van der Waals surface area contributed by atoms with E-state index >= 15 is 0 Å². The van der Waals surface area contributed by atoms with Gasteiger partial charge in [-0.05, 0) is 72.5 Å². The predicted molar refractivity (Wildman–Crippen MR) is 128 cm³/mol. The number of amides is 1. The maximum absolute atomic E-state index is 12.9. The van der Waals surface area contributed by atoms with Crippen molar-refractivity contribution in [3.8, 4) is 22.6 Å². The van der Waals surface area contributed by atoms with Gasteiger partial charge in [-0.2, -0.15) is 0 Å². The number of methoxy groups -OCH3 is 2. The second-order valence-electron chi connectivity index (χ2n) is 10.3. The van der Waals surface area contributed by atoms with Crippen molar-refractivity contribution in [2.45, 2.75) is 45.3 Å². The third-order valence-corrected chi connectivity index (χ3v) is 7.71. The monoisotopic (exact) mass is 450 g/mol. The Labute approximate surface area is 196 Å². The molecule has 1 aliphatic carbocycles. The molecule has 0 spiro atoms. The van der Waals surface area contributed by atoms with Crippen LogP contribution in [-0.4, -0.2) is 51.0 Å². The molecule has 0 aromatic heterocycles. The van der Waals surface area contributed by atoms with Gasteiger partial charge in [-0.25, -0.2) is 4.79 Å². The van der Waals surface area contributed by atoms with Gasteiger partial charge in [-0.1, -0.05) is 38.1 Å². The molecule has 176 valence electrons. The number of carbonyl (C=O) groups is 1. The molecule has 2 aromatic carbocycles. The summed E-state index contributed by atoms with van der Waals surface area (Å²) in [4.78, 5) is 15.3. The highest BCUT2D eigenvalue weighted by atomic mass is 16.6. The van der Waals surface area contributed by atoms with Gasteiger partial charge < -0.3 is 19.5 Å². The van der Waals surface area contributed by atoms with Gasteiger partial charge in [-0.15, -0.1) is 0 Å². The third kappa shape index (κ3) is 4.05. The van der Waals surface area contributed by atoms with Crippen LogP contribution in [0.2, 0.25) is 0 Å². The first-order chi connectivity index (χ1) is 15.9. The molecule has 2 atom stereocenters. The van der Waals surface area contributed by atoms with E-state index in [0.717, 1.165) is 67.1 Å². The molecule has 3 heterocycles. The first kappa shape index (κ1) is 22.1. The number of rotatable bonds is 5. The number of alkyl carbamates (subject to hydrolysis) is 1. The topological polar surface area (TPSA) is 60.0 Å². The third-order valence-electron chi connectivity index (χ3n) is 7.71. The van der Waals surface area contributed by atoms with E-state index in [2.05, 4.69) is 42.3 Å². The predicted octanol–water partition coefficient (Wildman–Crippen LogP) is 4.81. The van der Waals surface area contributed by atoms with Crippen LogP contribution in [0.25, 0.3) is 11.1 Å². The summed E-state index contributed by atoms with van der Waals surface area (Å²) >= 11 is 0. The summed E-state index contributed by atoms with van der Waals surface area (Å²) in [7, 11) is 3.35. The molecule has 4 aliphatic rings. The van der Waals surface area contributed by atoms with Gasteiger partial charge in [0.25, 0.3) is 0 Å². The van der Waals surface area contributed by atoms with E-state index in [1.54, 1.807) is 14.2 Å². The molecule has 3 saturated heterocycles. The van der Waals surface area contributed by atoms with Gasteiger partial charge in [0.1, 0.15) is 17.6 Å². The van der Waals surface area contributed by atoms with Crippen LogP contribution >= 0.6 is 0 Å². The molecule has 0 saturated carbocycles. The van der Waals surface area contributed by atoms with E-state index in [1.807, 2.05) is 18.2 Å². The lowest BCUT2D eigenvalue weighted by atomic mass is 9.85. The zero-order chi connectivity index (χ0) is 23.2. The minimum Gasteiger partial charge on any atom is -0.496 e. The average molecular weight is 451 g/mol. The lowest BCUT2D eigenvalue weighted by molar-refractivity contribution is -0.0348. The first-order valence-corrected chi connectivity index (χ1v) is 11.9. The summed E-state index contributed by atoms with van der Waals surface area (Å²) in [5.41, 5.74) is 4.28. The van der Waals surface area contributed by atoms with E-state index in [-0.39, 0.29) is 23.7 Å². The standard InChI is InChI=1S/C27H34N2O4/c1-27(2)15-19-14-18(24-21(31-3)6-5-7-22(24)32-4)8-9-20(19)25(27)28-26(30)33-23-16-29-12-10-17(23)11-13-29/h5-9,14,17,23,25H,10-13,15-16H2,1-4H3,(H,28,30)/t23-,25?/m0/s1. The van der Waals surface area contributed by atoms with Gasteiger partial charge in [-0.3, -0.25) is 4.90 Å². The molecule has 0 radical (unpaired) electrons. The summed E-state index contributed by atoms with van der Waals surface area (Å²) in [5.74, 6) is 2.06. The highest BCUT2D eigenvalue weighted by Crippen LogP contribution is 2.48. The number of hydrogen-bond acceptors (Lipinski definition) is 5. The lowest BCUT2D eigenvalue weighted by Gasteiger charge is -2.44. The molecule has 6 nitrogen and oxygen atoms in total. The van der Waals surface area contributed by atoms with Crippen LogP contribution in [-0.2, 0) is 11.2 Å². The van der Waals surface area contributed by atoms with Crippen molar-refractivity contribution in [3.63, 3.8) is 0 Å². The Morgan fingerprint density at radius 2 is 1.76 bits per heavy atom. The van der Waals surface area contributed by atoms with Crippen molar-refractivity contribution in [1.82, 2.24) is 10.2 Å². The summed E-state index contributed by atoms with van der Waals surface area (Å²) in [6.45, 7) is 7.54. The number of benzene rings is 2. The molecule has 1 N–H and O–H groups in total. The fraction of sp³-hybridized carbons (Fsp3) is 0.519. The van der Waals surface area contributed by atoms with Crippen molar-refractivity contribution in [3.05, 3.63) is 47.5 Å². The van der Waals surface area contributed by atoms with Crippen LogP contribution in [0.1, 0.15) is 43.9 Å². The van der Waals surface area contributed by atoms with E-state index in [1.165, 1.54) is 5.56 Å². The highest BCUT2D eigenvalue weighted by molar-refractivity contribution is 5.78. The maximum Gasteiger partial charge on any atom is 0.407 e. The lowest BCUT2D eigenvalue weighted by Crippen LogP contribution is -2.53. The maximum atomic E-state index is 12.9. The molecule has 33 heavy (non-hydrogen) atoms. The minimum absolute atomic E-state index is 0.0110. The van der Waals surface area contributed by atoms with E-state index < -0.39 is 0 Å². The second kappa shape index (κ2) is 8.56. The number of fused-ring (bicyclic) bond motifs is 4. The number of nitrogens with one attached hydrogen (secondary N) is 1. The Bertz CT molecular complexity index is 1020. The summed E-state index contributed by atoms with van der Waals surface area (Å²) in [6, 6.07) is 12.2. The van der Waals surface area contributed by atoms with Gasteiger partial charge in [0.15, 0.2) is 0 Å². The van der Waals surface area contributed by atoms with Crippen molar-refractivity contribution >= 4 is 6.09 Å². The molecule has 6 heteroatoms. The van der Waals surface area contributed by atoms with Crippen molar-refractivity contribution in [2.75, 3.05) is 33.9 Å². The van der Waals surface area contributed by atoms with Crippen LogP contribution in [0.15, 0.2) is 36.4 Å². The number of nitrogens with zero attached hydrogens (tertiary/aromatic N) is 1. The van der Waals surface area contributed by atoms with Crippen LogP contribution in [0.5, 0.6) is 11.5 Å². The zero-order valence-electron chi connectivity index (χ0n) is 20.0. The first-order valence-electron chi connectivity index (χ1n) is 11.9. The SMILES string of the molecule is COc1cccc(OC)c1-c1ccc2c(c1)CC(C)(C)C2NC(=O)O[C@H]1CN2CCC1CC2. The highest BCUT2D eigenvalue weighted by Gasteiger charge is 2.42. The zero-order valence-corrected chi connectivity index (χ0v) is 20.0. The normalized spacial score (nSPS) is 27.0. The van der Waals surface area contributed by atoms with Gasteiger partial charge in [0, 0.05) is 6.54 Å². The molecule has 3 aliphatic heterocycles. The van der Waals surface area contributed by atoms with Gasteiger partial charge >= 0.3 is 6.09 Å². The number of carbonyl (C=O) groups excluding carboxylic acids is 1. The Balaban J connectivity index is 1.37. The van der Waals surface area contributed by atoms with Crippen LogP contribution in [0.3, 0.4) is 0 Å². The summed E-state index contributed by atoms with van der Waals surface area (Å²) in [6.07, 6.45) is 2.85. The van der Waals surface area contributed by atoms with Crippen LogP contribution < -0.4 is 14.8 Å². The van der Waals surface area contributed by atoms with Crippen molar-refractivity contribution in [2.24, 2.45) is 11.3 Å². The van der Waals surface area contributed by atoms with Crippen LogP contribution in [0, 0.1) is 11.3 Å². The average Bonchev–Trinajstić information content (AvgIpc) is 3.07. The Morgan fingerprint density at radius 1 is 1.06 bits per heavy atom. The number of ether oxygens (including phenoxy) is 3. The molecule has 1 amide bonds. The molecule has 2 bridgehead atoms. The van der Waals surface area contributed by atoms with E-state index in [0.29, 0.717) is 5.92 Å².